The highest BCUT2D eigenvalue weighted by molar-refractivity contribution is 5.70. The molecule has 2 aromatic rings. The smallest absolute Gasteiger partial charge is 0.225 e. The fourth-order valence-corrected chi connectivity index (χ4v) is 0.911. The normalized spacial score (nSPS) is 9.67. The van der Waals surface area contributed by atoms with Crippen LogP contribution in [0.2, 0.25) is 0 Å². The van der Waals surface area contributed by atoms with Crippen LogP contribution in [0.15, 0.2) is 52.0 Å². The number of nitrogens with zero attached hydrogens (tertiary/aromatic N) is 1. The average molecular weight is 161 g/mol. The lowest BCUT2D eigenvalue weighted by atomic mass is 10.3. The van der Waals surface area contributed by atoms with E-state index in [1.807, 2.05) is 12.1 Å². The van der Waals surface area contributed by atoms with Crippen LogP contribution >= 0.6 is 0 Å². The molecule has 60 valence electrons. The van der Waals surface area contributed by atoms with Crippen LogP contribution in [0.1, 0.15) is 0 Å². The summed E-state index contributed by atoms with van der Waals surface area (Å²) in [6.07, 6.45) is 6.17. The molecule has 3 heteroatoms. The first-order valence-electron chi connectivity index (χ1n) is 3.55. The van der Waals surface area contributed by atoms with Crippen molar-refractivity contribution in [2.24, 2.45) is 0 Å². The Morgan fingerprint density at radius 3 is 3.08 bits per heavy atom. The van der Waals surface area contributed by atoms with Crippen LogP contribution in [0.3, 0.4) is 0 Å². The Bertz CT molecular complexity index is 374. The monoisotopic (exact) mass is 161 g/mol. The van der Waals surface area contributed by atoms with Gasteiger partial charge >= 0.3 is 0 Å². The van der Waals surface area contributed by atoms with Gasteiger partial charge in [0.05, 0.1) is 6.26 Å². The van der Waals surface area contributed by atoms with Gasteiger partial charge in [0.25, 0.3) is 0 Å². The lowest BCUT2D eigenvalue weighted by Crippen LogP contribution is -1.72. The molecule has 0 bridgehead atoms. The molecule has 0 fully saturated rings. The highest BCUT2D eigenvalue weighted by atomic mass is 16.4. The predicted octanol–water partition coefficient (Wildman–Crippen LogP) is 2.55. The minimum atomic E-state index is 0.591. The van der Waals surface area contributed by atoms with Gasteiger partial charge in [-0.3, -0.25) is 0 Å². The van der Waals surface area contributed by atoms with Crippen molar-refractivity contribution in [3.05, 3.63) is 43.2 Å². The Balaban J connectivity index is 2.83. The van der Waals surface area contributed by atoms with E-state index < -0.39 is 0 Å². The quantitative estimate of drug-likeness (QED) is 0.596. The molecule has 0 aromatic carbocycles. The van der Waals surface area contributed by atoms with Crippen molar-refractivity contribution in [3.8, 4) is 0 Å². The molecule has 0 aliphatic rings. The van der Waals surface area contributed by atoms with E-state index >= 15 is 0 Å². The van der Waals surface area contributed by atoms with Gasteiger partial charge in [-0.1, -0.05) is 0 Å². The predicted molar refractivity (Wildman–Crippen MR) is 43.9 cm³/mol. The summed E-state index contributed by atoms with van der Waals surface area (Å²) in [5, 5.41) is 0.904. The third-order valence-electron chi connectivity index (χ3n) is 1.44. The Morgan fingerprint density at radius 2 is 2.08 bits per heavy atom. The molecule has 0 spiro atoms. The van der Waals surface area contributed by atoms with E-state index in [2.05, 4.69) is 4.98 Å². The van der Waals surface area contributed by atoms with Crippen molar-refractivity contribution in [3.63, 3.8) is 0 Å². The van der Waals surface area contributed by atoms with E-state index in [1.165, 1.54) is 12.5 Å². The zero-order valence-electron chi connectivity index (χ0n) is 6.31. The van der Waals surface area contributed by atoms with Gasteiger partial charge in [-0.05, 0) is 18.2 Å². The lowest BCUT2D eigenvalue weighted by molar-refractivity contribution is 0.509. The SMILES string of the molecule is c1cnc2occoccc2c1. The molecule has 0 unspecified atom stereocenters. The van der Waals surface area contributed by atoms with Gasteiger partial charge in [0, 0.05) is 11.6 Å². The minimum absolute atomic E-state index is 0.591. The highest BCUT2D eigenvalue weighted by Gasteiger charge is 1.88. The second kappa shape index (κ2) is 3.09. The summed E-state index contributed by atoms with van der Waals surface area (Å²) >= 11 is 0. The van der Waals surface area contributed by atoms with Gasteiger partial charge < -0.3 is 8.83 Å². The second-order valence-electron chi connectivity index (χ2n) is 2.23. The van der Waals surface area contributed by atoms with Crippen LogP contribution in [0.25, 0.3) is 11.1 Å². The van der Waals surface area contributed by atoms with Crippen LogP contribution in [0.5, 0.6) is 0 Å². The molecule has 0 N–H and O–H groups in total. The number of pyridine rings is 1. The molecule has 0 radical (unpaired) electrons. The van der Waals surface area contributed by atoms with Crippen LogP contribution < -0.4 is 0 Å². The second-order valence-corrected chi connectivity index (χ2v) is 2.23. The number of hydrogen-bond donors (Lipinski definition) is 0. The zero-order chi connectivity index (χ0) is 8.23. The van der Waals surface area contributed by atoms with E-state index in [0.29, 0.717) is 5.71 Å². The van der Waals surface area contributed by atoms with E-state index in [-0.39, 0.29) is 0 Å². The Morgan fingerprint density at radius 1 is 1.08 bits per heavy atom. The molecule has 0 aliphatic heterocycles. The largest absolute Gasteiger partial charge is 0.469 e. The van der Waals surface area contributed by atoms with Crippen molar-refractivity contribution < 1.29 is 8.83 Å². The molecule has 12 heavy (non-hydrogen) atoms. The maximum Gasteiger partial charge on any atom is 0.225 e. The van der Waals surface area contributed by atoms with Crippen LogP contribution in [0.4, 0.5) is 0 Å². The van der Waals surface area contributed by atoms with E-state index in [9.17, 15) is 0 Å². The van der Waals surface area contributed by atoms with E-state index in [0.717, 1.165) is 5.39 Å². The van der Waals surface area contributed by atoms with Gasteiger partial charge in [-0.15, -0.1) is 0 Å². The van der Waals surface area contributed by atoms with Crippen LogP contribution in [0, 0.1) is 0 Å². The summed E-state index contributed by atoms with van der Waals surface area (Å²) in [4.78, 5) is 4.04. The van der Waals surface area contributed by atoms with Gasteiger partial charge in [0.2, 0.25) is 5.71 Å². The summed E-state index contributed by atoms with van der Waals surface area (Å²) in [6.45, 7) is 0. The fraction of sp³-hybridized carbons (Fsp3) is 0. The maximum absolute atomic E-state index is 5.16. The van der Waals surface area contributed by atoms with Crippen molar-refractivity contribution in [2.75, 3.05) is 0 Å². The summed E-state index contributed by atoms with van der Waals surface area (Å²) < 4.78 is 10.1. The van der Waals surface area contributed by atoms with Crippen molar-refractivity contribution in [1.82, 2.24) is 4.98 Å². The van der Waals surface area contributed by atoms with E-state index in [4.69, 9.17) is 8.83 Å². The molecule has 0 amide bonds. The first-order chi connectivity index (χ1) is 5.97. The molecular formula is C9H7NO2. The minimum Gasteiger partial charge on any atom is -0.469 e. The summed E-state index contributed by atoms with van der Waals surface area (Å²) in [5.74, 6) is 0. The first-order valence-corrected chi connectivity index (χ1v) is 3.55. The van der Waals surface area contributed by atoms with Gasteiger partial charge in [-0.25, -0.2) is 4.98 Å². The zero-order valence-corrected chi connectivity index (χ0v) is 6.31. The van der Waals surface area contributed by atoms with Gasteiger partial charge in [0.15, 0.2) is 0 Å². The number of aromatic nitrogens is 1. The van der Waals surface area contributed by atoms with Crippen LogP contribution in [-0.4, -0.2) is 4.98 Å². The molecule has 0 atom stereocenters. The molecule has 0 saturated heterocycles. The Labute approximate surface area is 69.0 Å². The Kier molecular flexibility index (Phi) is 1.78. The van der Waals surface area contributed by atoms with Crippen LogP contribution in [-0.2, 0) is 0 Å². The Hall–Kier alpha value is -1.77. The summed E-state index contributed by atoms with van der Waals surface area (Å²) in [7, 11) is 0. The standard InChI is InChI=1S/C9H7NO2/c1-2-8-3-5-11-6-7-12-9(8)10-4-1/h1-7H. The number of fused-ring (bicyclic) bond motifs is 1. The van der Waals surface area contributed by atoms with Crippen molar-refractivity contribution in [1.29, 1.82) is 0 Å². The number of rotatable bonds is 0. The lowest BCUT2D eigenvalue weighted by Gasteiger charge is -1.89. The summed E-state index contributed by atoms with van der Waals surface area (Å²) in [6, 6.07) is 5.55. The third-order valence-corrected chi connectivity index (χ3v) is 1.44. The molecule has 3 nitrogen and oxygen atoms in total. The van der Waals surface area contributed by atoms with Crippen molar-refractivity contribution in [2.45, 2.75) is 0 Å². The summed E-state index contributed by atoms with van der Waals surface area (Å²) in [5.41, 5.74) is 0.591. The van der Waals surface area contributed by atoms with Gasteiger partial charge in [0.1, 0.15) is 12.5 Å². The van der Waals surface area contributed by atoms with Crippen molar-refractivity contribution >= 4 is 11.1 Å². The molecular weight excluding hydrogens is 154 g/mol. The topological polar surface area (TPSA) is 39.2 Å². The third kappa shape index (κ3) is 1.29. The fourth-order valence-electron chi connectivity index (χ4n) is 0.911. The highest BCUT2D eigenvalue weighted by Crippen LogP contribution is 2.06. The number of hydrogen-bond acceptors (Lipinski definition) is 3. The first kappa shape index (κ1) is 6.91. The molecule has 2 rings (SSSR count). The van der Waals surface area contributed by atoms with Gasteiger partial charge in [-0.2, -0.15) is 0 Å². The molecule has 0 aliphatic carbocycles. The average Bonchev–Trinajstić information content (AvgIpc) is 2.06. The maximum atomic E-state index is 5.16. The van der Waals surface area contributed by atoms with E-state index in [1.54, 1.807) is 18.5 Å². The molecule has 2 aromatic heterocycles. The molecule has 2 heterocycles. The molecule has 0 saturated carbocycles.